The van der Waals surface area contributed by atoms with Crippen LogP contribution in [-0.4, -0.2) is 15.0 Å². The highest BCUT2D eigenvalue weighted by molar-refractivity contribution is 9.10. The second-order valence-corrected chi connectivity index (χ2v) is 6.73. The summed E-state index contributed by atoms with van der Waals surface area (Å²) in [6.07, 6.45) is 1.23. The molecule has 2 aromatic rings. The molecule has 0 fully saturated rings. The van der Waals surface area contributed by atoms with E-state index in [1.807, 2.05) is 13.0 Å². The minimum absolute atomic E-state index is 0.0515. The number of carbonyl (C=O) groups excluding carboxylic acids is 1. The number of hydrogen-bond acceptors (Lipinski definition) is 4. The number of rotatable bonds is 3. The maximum atomic E-state index is 12.5. The summed E-state index contributed by atoms with van der Waals surface area (Å²) in [4.78, 5) is 37.1. The van der Waals surface area contributed by atoms with Gasteiger partial charge in [-0.25, -0.2) is 9.36 Å². The second-order valence-electron chi connectivity index (χ2n) is 5.87. The summed E-state index contributed by atoms with van der Waals surface area (Å²) in [6.45, 7) is 1.91. The van der Waals surface area contributed by atoms with Crippen molar-refractivity contribution in [1.29, 1.82) is 5.26 Å². The summed E-state index contributed by atoms with van der Waals surface area (Å²) in [5.74, 6) is -0.497. The van der Waals surface area contributed by atoms with E-state index in [0.717, 1.165) is 14.6 Å². The molecule has 0 bridgehead atoms. The molecule has 7 nitrogen and oxygen atoms in total. The van der Waals surface area contributed by atoms with E-state index in [4.69, 9.17) is 0 Å². The third-order valence-electron chi connectivity index (χ3n) is 4.19. The van der Waals surface area contributed by atoms with Gasteiger partial charge in [-0.3, -0.25) is 14.2 Å². The zero-order chi connectivity index (χ0) is 18.1. The van der Waals surface area contributed by atoms with Crippen molar-refractivity contribution in [1.82, 2.24) is 9.13 Å². The second kappa shape index (κ2) is 6.69. The van der Waals surface area contributed by atoms with Crippen molar-refractivity contribution >= 4 is 27.5 Å². The summed E-state index contributed by atoms with van der Waals surface area (Å²) in [5.41, 5.74) is 0.684. The van der Waals surface area contributed by atoms with Crippen LogP contribution in [0, 0.1) is 18.3 Å². The van der Waals surface area contributed by atoms with Crippen LogP contribution in [0.3, 0.4) is 0 Å². The number of amides is 1. The zero-order valence-corrected chi connectivity index (χ0v) is 15.1. The average molecular weight is 403 g/mol. The van der Waals surface area contributed by atoms with Crippen LogP contribution >= 0.6 is 15.9 Å². The van der Waals surface area contributed by atoms with Gasteiger partial charge in [0, 0.05) is 22.4 Å². The Kier molecular flexibility index (Phi) is 4.59. The molecular formula is C17H15BrN4O3. The van der Waals surface area contributed by atoms with Crippen LogP contribution < -0.4 is 16.6 Å². The monoisotopic (exact) mass is 402 g/mol. The van der Waals surface area contributed by atoms with Crippen molar-refractivity contribution in [3.63, 3.8) is 0 Å². The Morgan fingerprint density at radius 3 is 2.84 bits per heavy atom. The van der Waals surface area contributed by atoms with Gasteiger partial charge in [0.25, 0.3) is 5.56 Å². The number of anilines is 1. The molecule has 1 aromatic carbocycles. The molecule has 2 heterocycles. The van der Waals surface area contributed by atoms with Crippen molar-refractivity contribution in [2.24, 2.45) is 0 Å². The standard InChI is InChI=1S/C17H15BrN4O3/c1-10-7-11(4-5-13(10)18)20-15(23)9-22-16(24)12(8-19)14-3-2-6-21(14)17(22)25/h4-5,7H,2-3,6,9H2,1H3,(H,20,23). The van der Waals surface area contributed by atoms with E-state index in [2.05, 4.69) is 21.2 Å². The first kappa shape index (κ1) is 17.2. The first-order valence-corrected chi connectivity index (χ1v) is 8.54. The van der Waals surface area contributed by atoms with Gasteiger partial charge in [-0.2, -0.15) is 5.26 Å². The number of nitrogens with one attached hydrogen (secondary N) is 1. The van der Waals surface area contributed by atoms with E-state index in [1.54, 1.807) is 18.2 Å². The molecule has 25 heavy (non-hydrogen) atoms. The number of nitrogens with zero attached hydrogens (tertiary/aromatic N) is 3. The quantitative estimate of drug-likeness (QED) is 0.841. The summed E-state index contributed by atoms with van der Waals surface area (Å²) in [5, 5.41) is 11.9. The third-order valence-corrected chi connectivity index (χ3v) is 5.08. The Hall–Kier alpha value is -2.66. The van der Waals surface area contributed by atoms with Crippen LogP contribution in [0.5, 0.6) is 0 Å². The smallest absolute Gasteiger partial charge is 0.325 e. The summed E-state index contributed by atoms with van der Waals surface area (Å²) in [7, 11) is 0. The maximum Gasteiger partial charge on any atom is 0.331 e. The van der Waals surface area contributed by atoms with E-state index in [1.165, 1.54) is 4.57 Å². The topological polar surface area (TPSA) is 96.9 Å². The fourth-order valence-electron chi connectivity index (χ4n) is 2.95. The molecule has 0 atom stereocenters. The number of halogens is 1. The van der Waals surface area contributed by atoms with Crippen LogP contribution in [-0.2, 0) is 24.3 Å². The molecule has 128 valence electrons. The molecule has 1 aliphatic rings. The summed E-state index contributed by atoms with van der Waals surface area (Å²) < 4.78 is 3.16. The number of aryl methyl sites for hydroxylation is 1. The number of nitriles is 1. The van der Waals surface area contributed by atoms with Gasteiger partial charge in [0.05, 0.1) is 0 Å². The molecule has 0 saturated carbocycles. The van der Waals surface area contributed by atoms with Crippen LogP contribution in [0.2, 0.25) is 0 Å². The van der Waals surface area contributed by atoms with Gasteiger partial charge in [-0.05, 0) is 43.5 Å². The average Bonchev–Trinajstić information content (AvgIpc) is 3.05. The number of carbonyl (C=O) groups is 1. The molecule has 1 N–H and O–H groups in total. The minimum atomic E-state index is -0.706. The SMILES string of the molecule is Cc1cc(NC(=O)Cn2c(=O)c(C#N)c3n(c2=O)CCC3)ccc1Br. The van der Waals surface area contributed by atoms with Gasteiger partial charge in [-0.1, -0.05) is 15.9 Å². The fourth-order valence-corrected chi connectivity index (χ4v) is 3.20. The Labute approximate surface area is 151 Å². The number of aromatic nitrogens is 2. The number of hydrogen-bond donors (Lipinski definition) is 1. The molecule has 0 aliphatic carbocycles. The van der Waals surface area contributed by atoms with E-state index >= 15 is 0 Å². The van der Waals surface area contributed by atoms with E-state index < -0.39 is 23.7 Å². The highest BCUT2D eigenvalue weighted by Gasteiger charge is 2.23. The first-order valence-electron chi connectivity index (χ1n) is 7.75. The van der Waals surface area contributed by atoms with Crippen LogP contribution in [0.4, 0.5) is 5.69 Å². The van der Waals surface area contributed by atoms with Gasteiger partial charge in [-0.15, -0.1) is 0 Å². The molecule has 1 aromatic heterocycles. The van der Waals surface area contributed by atoms with Gasteiger partial charge in [0.15, 0.2) is 0 Å². The Balaban J connectivity index is 1.92. The Morgan fingerprint density at radius 2 is 2.16 bits per heavy atom. The Bertz CT molecular complexity index is 1030. The third kappa shape index (κ3) is 3.15. The highest BCUT2D eigenvalue weighted by Crippen LogP contribution is 2.20. The first-order chi connectivity index (χ1) is 11.9. The lowest BCUT2D eigenvalue weighted by molar-refractivity contribution is -0.116. The predicted molar refractivity (Wildman–Crippen MR) is 95.5 cm³/mol. The molecule has 8 heteroatoms. The van der Waals surface area contributed by atoms with Crippen molar-refractivity contribution < 1.29 is 4.79 Å². The van der Waals surface area contributed by atoms with E-state index in [0.29, 0.717) is 30.8 Å². The molecule has 0 unspecified atom stereocenters. The van der Waals surface area contributed by atoms with E-state index in [9.17, 15) is 19.6 Å². The van der Waals surface area contributed by atoms with Crippen LogP contribution in [0.1, 0.15) is 23.2 Å². The fraction of sp³-hybridized carbons (Fsp3) is 0.294. The molecule has 1 amide bonds. The molecule has 3 rings (SSSR count). The van der Waals surface area contributed by atoms with Crippen LogP contribution in [0.25, 0.3) is 0 Å². The molecule has 0 radical (unpaired) electrons. The molecular weight excluding hydrogens is 388 g/mol. The lowest BCUT2D eigenvalue weighted by atomic mass is 10.2. The van der Waals surface area contributed by atoms with Gasteiger partial charge in [0.1, 0.15) is 18.2 Å². The minimum Gasteiger partial charge on any atom is -0.325 e. The summed E-state index contributed by atoms with van der Waals surface area (Å²) >= 11 is 3.38. The molecule has 0 spiro atoms. The van der Waals surface area contributed by atoms with Gasteiger partial charge >= 0.3 is 5.69 Å². The zero-order valence-electron chi connectivity index (χ0n) is 13.5. The van der Waals surface area contributed by atoms with Gasteiger partial charge < -0.3 is 5.32 Å². The summed E-state index contributed by atoms with van der Waals surface area (Å²) in [6, 6.07) is 7.17. The normalized spacial score (nSPS) is 12.5. The molecule has 0 saturated heterocycles. The molecule has 1 aliphatic heterocycles. The Morgan fingerprint density at radius 1 is 1.40 bits per heavy atom. The lowest BCUT2D eigenvalue weighted by Gasteiger charge is -2.11. The van der Waals surface area contributed by atoms with Crippen LogP contribution in [0.15, 0.2) is 32.3 Å². The maximum absolute atomic E-state index is 12.5. The van der Waals surface area contributed by atoms with Crippen molar-refractivity contribution in [3.05, 3.63) is 60.3 Å². The van der Waals surface area contributed by atoms with E-state index in [-0.39, 0.29) is 5.56 Å². The number of benzene rings is 1. The predicted octanol–water partition coefficient (Wildman–Crippen LogP) is 1.54. The van der Waals surface area contributed by atoms with Gasteiger partial charge in [0.2, 0.25) is 5.91 Å². The highest BCUT2D eigenvalue weighted by atomic mass is 79.9. The van der Waals surface area contributed by atoms with Crippen molar-refractivity contribution in [2.75, 3.05) is 5.32 Å². The number of fused-ring (bicyclic) bond motifs is 1. The van der Waals surface area contributed by atoms with Crippen molar-refractivity contribution in [2.45, 2.75) is 32.9 Å². The largest absolute Gasteiger partial charge is 0.331 e. The van der Waals surface area contributed by atoms with Crippen molar-refractivity contribution in [3.8, 4) is 6.07 Å². The lowest BCUT2D eigenvalue weighted by Crippen LogP contribution is -2.44.